The number of alkyl halides is 2. The van der Waals surface area contributed by atoms with E-state index in [1.807, 2.05) is 6.92 Å². The fourth-order valence-corrected chi connectivity index (χ4v) is 10.5. The van der Waals surface area contributed by atoms with E-state index in [0.717, 1.165) is 62.2 Å². The number of nitrogens with zero attached hydrogens (tertiary/aromatic N) is 3. The van der Waals surface area contributed by atoms with Gasteiger partial charge in [-0.3, -0.25) is 19.1 Å². The Morgan fingerprint density at radius 3 is 2.83 bits per heavy atom. The molecule has 1 aromatic rings. The smallest absolute Gasteiger partial charge is 0.308 e. The van der Waals surface area contributed by atoms with Gasteiger partial charge in [0.05, 0.1) is 30.9 Å². The van der Waals surface area contributed by atoms with Crippen LogP contribution in [0.1, 0.15) is 62.5 Å². The number of fused-ring (bicyclic) bond motifs is 2. The highest BCUT2D eigenvalue weighted by Crippen LogP contribution is 2.48. The summed E-state index contributed by atoms with van der Waals surface area (Å²) in [4.78, 5) is 32.6. The maximum atomic E-state index is 13.8. The third kappa shape index (κ3) is 6.10. The summed E-state index contributed by atoms with van der Waals surface area (Å²) in [6, 6.07) is 0.439. The van der Waals surface area contributed by atoms with Crippen LogP contribution in [0, 0.1) is 24.7 Å². The van der Waals surface area contributed by atoms with Gasteiger partial charge >= 0.3 is 5.97 Å². The van der Waals surface area contributed by atoms with Crippen molar-refractivity contribution in [3.63, 3.8) is 0 Å². The molecule has 2 N–H and O–H groups in total. The quantitative estimate of drug-likeness (QED) is 0.454. The molecule has 0 amide bonds. The van der Waals surface area contributed by atoms with Crippen LogP contribution < -0.4 is 10.9 Å². The van der Waals surface area contributed by atoms with Crippen LogP contribution in [0.3, 0.4) is 0 Å². The molecule has 4 fully saturated rings. The van der Waals surface area contributed by atoms with Gasteiger partial charge in [0.1, 0.15) is 12.0 Å². The molecule has 3 aliphatic heterocycles. The van der Waals surface area contributed by atoms with Crippen molar-refractivity contribution in [1.29, 1.82) is 0 Å². The minimum atomic E-state index is -0.760. The summed E-state index contributed by atoms with van der Waals surface area (Å²) in [6.07, 6.45) is 5.84. The summed E-state index contributed by atoms with van der Waals surface area (Å²) in [5.74, 6) is 0.902. The number of carboxylic acid groups (broad SMARTS) is 1. The second-order valence-corrected chi connectivity index (χ2v) is 14.9. The summed E-state index contributed by atoms with van der Waals surface area (Å²) in [7, 11) is 0. The first-order valence-corrected chi connectivity index (χ1v) is 17.0. The van der Waals surface area contributed by atoms with E-state index < -0.39 is 12.1 Å². The molecule has 8 unspecified atom stereocenters. The second kappa shape index (κ2) is 12.4. The first kappa shape index (κ1) is 29.9. The highest BCUT2D eigenvalue weighted by atomic mass is 35.5. The molecule has 41 heavy (non-hydrogen) atoms. The molecule has 4 heterocycles. The van der Waals surface area contributed by atoms with Gasteiger partial charge in [-0.2, -0.15) is 11.8 Å². The zero-order chi connectivity index (χ0) is 28.8. The Morgan fingerprint density at radius 1 is 1.24 bits per heavy atom. The zero-order valence-electron chi connectivity index (χ0n) is 24.1. The van der Waals surface area contributed by atoms with Gasteiger partial charge in [-0.05, 0) is 77.0 Å². The second-order valence-electron chi connectivity index (χ2n) is 13.0. The van der Waals surface area contributed by atoms with Gasteiger partial charge in [0.25, 0.3) is 5.56 Å². The number of carbonyl (C=O) groups is 1. The van der Waals surface area contributed by atoms with E-state index in [-0.39, 0.29) is 52.3 Å². The number of aliphatic carboxylic acids is 1. The lowest BCUT2D eigenvalue weighted by molar-refractivity contribution is -0.142. The fraction of sp³-hybridized carbons (Fsp3) is 0.833. The molecule has 6 rings (SSSR count). The third-order valence-electron chi connectivity index (χ3n) is 10.4. The van der Waals surface area contributed by atoms with E-state index in [9.17, 15) is 19.1 Å². The lowest BCUT2D eigenvalue weighted by Gasteiger charge is -2.47. The summed E-state index contributed by atoms with van der Waals surface area (Å²) in [5, 5.41) is 13.7. The normalized spacial score (nSPS) is 39.4. The maximum Gasteiger partial charge on any atom is 0.308 e. The maximum absolute atomic E-state index is 13.8. The number of ether oxygens (including phenoxy) is 1. The van der Waals surface area contributed by atoms with Crippen molar-refractivity contribution >= 4 is 29.3 Å². The number of piperidine rings is 1. The molecule has 228 valence electrons. The number of aryl methyl sites for hydroxylation is 2. The van der Waals surface area contributed by atoms with E-state index in [4.69, 9.17) is 21.3 Å². The Bertz CT molecular complexity index is 1190. The van der Waals surface area contributed by atoms with Crippen molar-refractivity contribution < 1.29 is 19.0 Å². The number of nitrogens with one attached hydrogen (secondary N) is 1. The van der Waals surface area contributed by atoms with Crippen LogP contribution in [-0.4, -0.2) is 92.0 Å². The summed E-state index contributed by atoms with van der Waals surface area (Å²) in [5.41, 5.74) is 1.71. The molecule has 11 heteroatoms. The fourth-order valence-electron chi connectivity index (χ4n) is 8.37. The number of rotatable bonds is 7. The topological polar surface area (TPSA) is 96.7 Å². The first-order valence-electron chi connectivity index (χ1n) is 15.5. The largest absolute Gasteiger partial charge is 0.481 e. The Labute approximate surface area is 251 Å². The minimum absolute atomic E-state index is 0.0226. The standard InChI is InChI=1S/C30H44ClFN4O4S/c1-16-11-22(28-27(33-16)24(15-41-28)30(38)39)21-12-18(31)3-6-26(21)40-10-9-36-17(2)34-25-5-4-20(13-23(25)29(36)37)35-8-7-19(32)14-35/h16,18-22,24,26-28,33H,3-15H2,1-2H3,(H,38,39)/t16?,18?,19-,20+,21?,22?,24?,26?,27?,28?/m0/s1. The van der Waals surface area contributed by atoms with Gasteiger partial charge in [-0.25, -0.2) is 9.37 Å². The average Bonchev–Trinajstić information content (AvgIpc) is 3.57. The van der Waals surface area contributed by atoms with Crippen LogP contribution in [0.15, 0.2) is 4.79 Å². The van der Waals surface area contributed by atoms with Gasteiger partial charge in [-0.1, -0.05) is 0 Å². The van der Waals surface area contributed by atoms with Gasteiger partial charge in [0.2, 0.25) is 0 Å². The molecule has 0 radical (unpaired) electrons. The van der Waals surface area contributed by atoms with Gasteiger partial charge in [0.15, 0.2) is 0 Å². The molecule has 1 aromatic heterocycles. The SMILES string of the molecule is Cc1nc2c(c(=O)n1CCOC1CCC(Cl)CC1C1CC(C)NC3C(C(=O)O)CSC13)C[C@H](N1CC[C@H](F)C1)CC2. The van der Waals surface area contributed by atoms with Crippen molar-refractivity contribution in [3.8, 4) is 0 Å². The zero-order valence-corrected chi connectivity index (χ0v) is 25.7. The molecule has 5 aliphatic rings. The molecule has 8 nitrogen and oxygen atoms in total. The highest BCUT2D eigenvalue weighted by molar-refractivity contribution is 8.00. The summed E-state index contributed by atoms with van der Waals surface area (Å²) < 4.78 is 22.2. The van der Waals surface area contributed by atoms with Crippen LogP contribution in [0.4, 0.5) is 4.39 Å². The van der Waals surface area contributed by atoms with Crippen molar-refractivity contribution in [1.82, 2.24) is 19.8 Å². The molecule has 2 aliphatic carbocycles. The monoisotopic (exact) mass is 610 g/mol. The minimum Gasteiger partial charge on any atom is -0.481 e. The Balaban J connectivity index is 1.14. The summed E-state index contributed by atoms with van der Waals surface area (Å²) in [6.45, 7) is 6.17. The van der Waals surface area contributed by atoms with E-state index in [1.54, 1.807) is 16.3 Å². The number of aromatic nitrogens is 2. The van der Waals surface area contributed by atoms with Crippen LogP contribution in [0.5, 0.6) is 0 Å². The summed E-state index contributed by atoms with van der Waals surface area (Å²) >= 11 is 8.51. The molecule has 0 spiro atoms. The number of halogens is 2. The predicted molar refractivity (Wildman–Crippen MR) is 159 cm³/mol. The lowest BCUT2D eigenvalue weighted by Crippen LogP contribution is -2.57. The van der Waals surface area contributed by atoms with Gasteiger partial charge in [-0.15, -0.1) is 11.6 Å². The van der Waals surface area contributed by atoms with E-state index in [2.05, 4.69) is 17.1 Å². The van der Waals surface area contributed by atoms with E-state index in [1.165, 1.54) is 0 Å². The molecular formula is C30H44ClFN4O4S. The molecule has 0 bridgehead atoms. The van der Waals surface area contributed by atoms with Crippen LogP contribution >= 0.6 is 23.4 Å². The van der Waals surface area contributed by atoms with Gasteiger partial charge in [0, 0.05) is 53.2 Å². The highest BCUT2D eigenvalue weighted by Gasteiger charge is 2.51. The molecular weight excluding hydrogens is 567 g/mol. The average molecular weight is 611 g/mol. The number of likely N-dealkylation sites (tertiary alicyclic amines) is 1. The van der Waals surface area contributed by atoms with Crippen molar-refractivity contribution in [2.24, 2.45) is 17.8 Å². The van der Waals surface area contributed by atoms with Crippen LogP contribution in [0.2, 0.25) is 0 Å². The van der Waals surface area contributed by atoms with Crippen molar-refractivity contribution in [2.75, 3.05) is 25.4 Å². The Morgan fingerprint density at radius 2 is 2.07 bits per heavy atom. The third-order valence-corrected chi connectivity index (χ3v) is 12.4. The van der Waals surface area contributed by atoms with E-state index >= 15 is 0 Å². The number of carboxylic acids is 1. The number of hydrogen-bond acceptors (Lipinski definition) is 7. The Hall–Kier alpha value is -1.20. The first-order chi connectivity index (χ1) is 19.7. The van der Waals surface area contributed by atoms with E-state index in [0.29, 0.717) is 44.2 Å². The lowest BCUT2D eigenvalue weighted by atomic mass is 9.70. The van der Waals surface area contributed by atoms with Crippen LogP contribution in [0.25, 0.3) is 0 Å². The number of thioether (sulfide) groups is 1. The van der Waals surface area contributed by atoms with Gasteiger partial charge < -0.3 is 15.2 Å². The molecule has 0 aromatic carbocycles. The molecule has 3 saturated heterocycles. The van der Waals surface area contributed by atoms with Crippen molar-refractivity contribution in [3.05, 3.63) is 27.4 Å². The predicted octanol–water partition coefficient (Wildman–Crippen LogP) is 3.43. The molecule has 1 saturated carbocycles. The Kier molecular flexibility index (Phi) is 9.05. The number of hydrogen-bond donors (Lipinski definition) is 2. The van der Waals surface area contributed by atoms with Crippen molar-refractivity contribution in [2.45, 2.75) is 113 Å². The molecule has 10 atom stereocenters. The van der Waals surface area contributed by atoms with Crippen LogP contribution in [-0.2, 0) is 28.9 Å².